The van der Waals surface area contributed by atoms with Gasteiger partial charge in [0.2, 0.25) is 0 Å². The van der Waals surface area contributed by atoms with Crippen molar-refractivity contribution in [2.75, 3.05) is 0 Å². The normalized spacial score (nSPS) is 21.1. The van der Waals surface area contributed by atoms with Crippen LogP contribution in [0.25, 0.3) is 0 Å². The molecule has 2 amide bonds. The Labute approximate surface area is 284 Å². The van der Waals surface area contributed by atoms with E-state index in [2.05, 4.69) is 23.7 Å². The van der Waals surface area contributed by atoms with Gasteiger partial charge in [-0.15, -0.1) is 0 Å². The predicted molar refractivity (Wildman–Crippen MR) is 180 cm³/mol. The first kappa shape index (κ1) is 38.2. The van der Waals surface area contributed by atoms with Crippen LogP contribution in [0.3, 0.4) is 0 Å². The third-order valence-corrected chi connectivity index (χ3v) is 11.9. The molecule has 0 aromatic carbocycles. The fourth-order valence-electron chi connectivity index (χ4n) is 5.09. The summed E-state index contributed by atoms with van der Waals surface area (Å²) in [5, 5.41) is 0. The van der Waals surface area contributed by atoms with Crippen LogP contribution < -0.4 is 0 Å². The Morgan fingerprint density at radius 3 is 1.88 bits per heavy atom. The van der Waals surface area contributed by atoms with Gasteiger partial charge < -0.3 is 28.1 Å². The molecule has 2 atom stereocenters. The van der Waals surface area contributed by atoms with E-state index in [0.29, 0.717) is 23.0 Å². The predicted octanol–water partition coefficient (Wildman–Crippen LogP) is 7.45. The zero-order valence-corrected chi connectivity index (χ0v) is 31.0. The van der Waals surface area contributed by atoms with Crippen molar-refractivity contribution in [2.24, 2.45) is 0 Å². The number of carbonyl (C=O) groups is 4. The van der Waals surface area contributed by atoms with Crippen molar-refractivity contribution in [1.82, 2.24) is 4.90 Å². The number of imide groups is 1. The number of rotatable bonds is 7. The van der Waals surface area contributed by atoms with Gasteiger partial charge in [0.1, 0.15) is 22.5 Å². The maximum atomic E-state index is 14.1. The van der Waals surface area contributed by atoms with Crippen molar-refractivity contribution in [3.63, 3.8) is 0 Å². The molecule has 0 saturated carbocycles. The van der Waals surface area contributed by atoms with Crippen LogP contribution in [-0.4, -0.2) is 66.0 Å². The van der Waals surface area contributed by atoms with E-state index in [1.807, 2.05) is 20.8 Å². The second-order valence-electron chi connectivity index (χ2n) is 14.5. The topological polar surface area (TPSA) is 127 Å². The number of nitrogens with zero attached hydrogens (tertiary/aromatic N) is 1. The average Bonchev–Trinajstić information content (AvgIpc) is 2.92. The third-order valence-electron chi connectivity index (χ3n) is 7.26. The van der Waals surface area contributed by atoms with Gasteiger partial charge in [0, 0.05) is 23.3 Å². The molecular formula is C36H47NO10Si. The molecule has 2 aliphatic carbocycles. The minimum atomic E-state index is -2.60. The molecule has 12 heteroatoms. The fourth-order valence-corrected chi connectivity index (χ4v) is 7.92. The van der Waals surface area contributed by atoms with Crippen molar-refractivity contribution < 1.29 is 47.3 Å². The van der Waals surface area contributed by atoms with Gasteiger partial charge in [-0.2, -0.15) is 4.90 Å². The monoisotopic (exact) mass is 681 g/mol. The molecule has 0 aromatic rings. The minimum Gasteiger partial charge on any atom is -0.443 e. The van der Waals surface area contributed by atoms with Gasteiger partial charge in [0.15, 0.2) is 25.8 Å². The van der Waals surface area contributed by atoms with Crippen LogP contribution in [0.5, 0.6) is 0 Å². The quantitative estimate of drug-likeness (QED) is 0.116. The van der Waals surface area contributed by atoms with E-state index in [4.69, 9.17) is 28.1 Å². The molecule has 0 N–H and O–H groups in total. The molecule has 1 aliphatic heterocycles. The first-order chi connectivity index (χ1) is 22.1. The van der Waals surface area contributed by atoms with Crippen LogP contribution in [0, 0.1) is 23.7 Å². The summed E-state index contributed by atoms with van der Waals surface area (Å²) in [4.78, 5) is 55.3. The molecule has 0 aromatic heterocycles. The first-order valence-electron chi connectivity index (χ1n) is 16.0. The van der Waals surface area contributed by atoms with Gasteiger partial charge in [-0.05, 0) is 98.5 Å². The maximum absolute atomic E-state index is 14.1. The van der Waals surface area contributed by atoms with Crippen LogP contribution in [0.1, 0.15) is 83.1 Å². The van der Waals surface area contributed by atoms with E-state index in [-0.39, 0.29) is 22.6 Å². The average molecular weight is 682 g/mol. The lowest BCUT2D eigenvalue weighted by Gasteiger charge is -2.45. The van der Waals surface area contributed by atoms with E-state index < -0.39 is 61.1 Å². The van der Waals surface area contributed by atoms with E-state index in [9.17, 15) is 19.2 Å². The summed E-state index contributed by atoms with van der Waals surface area (Å²) in [6, 6.07) is 2.10. The van der Waals surface area contributed by atoms with Crippen LogP contribution in [0.4, 0.5) is 14.4 Å². The molecule has 0 saturated heterocycles. The van der Waals surface area contributed by atoms with Crippen molar-refractivity contribution >= 4 is 32.6 Å². The molecule has 0 fully saturated rings. The number of carbonyl (C=O) groups excluding carboxylic acids is 4. The second-order valence-corrected chi connectivity index (χ2v) is 19.2. The highest BCUT2D eigenvalue weighted by molar-refractivity contribution is 6.73. The van der Waals surface area contributed by atoms with Gasteiger partial charge in [-0.25, -0.2) is 19.2 Å². The number of esters is 1. The van der Waals surface area contributed by atoms with E-state index in [1.54, 1.807) is 62.3 Å². The van der Waals surface area contributed by atoms with Gasteiger partial charge in [0.25, 0.3) is 0 Å². The molecular weight excluding hydrogens is 634 g/mol. The zero-order valence-electron chi connectivity index (χ0n) is 30.0. The Morgan fingerprint density at radius 2 is 1.38 bits per heavy atom. The summed E-state index contributed by atoms with van der Waals surface area (Å²) < 4.78 is 35.5. The summed E-state index contributed by atoms with van der Waals surface area (Å²) in [6.07, 6.45) is 0.830. The number of hydrogen-bond donors (Lipinski definition) is 0. The highest BCUT2D eigenvalue weighted by Crippen LogP contribution is 2.47. The van der Waals surface area contributed by atoms with Gasteiger partial charge in [-0.1, -0.05) is 38.5 Å². The lowest BCUT2D eigenvalue weighted by atomic mass is 9.78. The number of allylic oxidation sites excluding steroid dienone is 2. The summed E-state index contributed by atoms with van der Waals surface area (Å²) in [5.74, 6) is 10.7. The molecule has 1 heterocycles. The van der Waals surface area contributed by atoms with Crippen LogP contribution in [-0.2, 0) is 32.9 Å². The lowest BCUT2D eigenvalue weighted by Crippen LogP contribution is -2.52. The standard InChI is InChI=1S/C36H47NO10Si/c1-13-48(14-2,15-3)47-36-21-19-17-16-18-20-25-28(24(36)22-27(38)42-25)29(26(23-36)43-32(41)46-35(10,11)12)37(30(39)44-33(4,5)6)31(40)45-34(7,8)9/h16-17,22-23,25H,13-15H2,1-12H3/b17-16-/t25-,36-/m1/s1. The van der Waals surface area contributed by atoms with E-state index in [1.165, 1.54) is 24.3 Å². The van der Waals surface area contributed by atoms with Crippen molar-refractivity contribution in [1.29, 1.82) is 0 Å². The SMILES string of the molecule is CC[Si](CC)(CC)O[C@@]12C#C/C=C\C#C[C@H]3OC(=O)C=C1C3=C(N(C(=O)OC(C)(C)C)C(=O)OC(C)(C)C)C(OC(=O)OC(C)(C)C)=C2. The highest BCUT2D eigenvalue weighted by Gasteiger charge is 2.53. The molecule has 4 bridgehead atoms. The Kier molecular flexibility index (Phi) is 11.2. The Bertz CT molecular complexity index is 1550. The first-order valence-corrected chi connectivity index (χ1v) is 18.6. The zero-order chi connectivity index (χ0) is 36.3. The largest absolute Gasteiger partial charge is 0.514 e. The van der Waals surface area contributed by atoms with Gasteiger partial charge in [0.05, 0.1) is 0 Å². The summed E-state index contributed by atoms with van der Waals surface area (Å²) in [6.45, 7) is 20.8. The van der Waals surface area contributed by atoms with Crippen LogP contribution in [0.2, 0.25) is 18.1 Å². The molecule has 3 aliphatic rings. The molecule has 0 radical (unpaired) electrons. The Balaban J connectivity index is 2.56. The fraction of sp³-hybridized carbons (Fsp3) is 0.556. The number of amides is 2. The molecule has 3 rings (SSSR count). The maximum Gasteiger partial charge on any atom is 0.514 e. The van der Waals surface area contributed by atoms with Crippen LogP contribution >= 0.6 is 0 Å². The molecule has 260 valence electrons. The van der Waals surface area contributed by atoms with Gasteiger partial charge in [-0.3, -0.25) is 0 Å². The van der Waals surface area contributed by atoms with Crippen molar-refractivity contribution in [2.45, 2.75) is 130 Å². The molecule has 0 unspecified atom stereocenters. The summed E-state index contributed by atoms with van der Waals surface area (Å²) in [7, 11) is -2.60. The molecule has 0 spiro atoms. The number of ether oxygens (including phenoxy) is 5. The van der Waals surface area contributed by atoms with Crippen LogP contribution in [0.15, 0.2) is 46.9 Å². The van der Waals surface area contributed by atoms with E-state index in [0.717, 1.165) is 0 Å². The summed E-state index contributed by atoms with van der Waals surface area (Å²) in [5.41, 5.74) is -4.88. The lowest BCUT2D eigenvalue weighted by molar-refractivity contribution is -0.140. The molecule has 11 nitrogen and oxygen atoms in total. The minimum absolute atomic E-state index is 0.0377. The Morgan fingerprint density at radius 1 is 0.854 bits per heavy atom. The van der Waals surface area contributed by atoms with Crippen molar-refractivity contribution in [3.8, 4) is 23.7 Å². The smallest absolute Gasteiger partial charge is 0.443 e. The number of hydrogen-bond acceptors (Lipinski definition) is 10. The highest BCUT2D eigenvalue weighted by atomic mass is 28.4. The Hall–Kier alpha value is -4.26. The van der Waals surface area contributed by atoms with Crippen molar-refractivity contribution in [3.05, 3.63) is 46.9 Å². The third kappa shape index (κ3) is 9.21. The van der Waals surface area contributed by atoms with E-state index >= 15 is 0 Å². The second kappa shape index (κ2) is 14.1. The van der Waals surface area contributed by atoms with Gasteiger partial charge >= 0.3 is 24.3 Å². The molecule has 48 heavy (non-hydrogen) atoms. The summed E-state index contributed by atoms with van der Waals surface area (Å²) >= 11 is 0.